The molecule has 2 aliphatic heterocycles. The van der Waals surface area contributed by atoms with Crippen LogP contribution in [0.25, 0.3) is 11.0 Å². The molecule has 8 heteroatoms. The summed E-state index contributed by atoms with van der Waals surface area (Å²) in [6.07, 6.45) is 15.5. The summed E-state index contributed by atoms with van der Waals surface area (Å²) in [5.41, 5.74) is 1.99. The van der Waals surface area contributed by atoms with Crippen LogP contribution in [0.1, 0.15) is 95.7 Å². The molecule has 1 N–H and O–H groups in total. The van der Waals surface area contributed by atoms with E-state index in [1.807, 2.05) is 28.8 Å². The second-order valence-corrected chi connectivity index (χ2v) is 12.2. The van der Waals surface area contributed by atoms with E-state index in [9.17, 15) is 9.59 Å². The summed E-state index contributed by atoms with van der Waals surface area (Å²) in [5.74, 6) is 0.695. The lowest BCUT2D eigenvalue weighted by molar-refractivity contribution is -0.142. The maximum absolute atomic E-state index is 13.9. The Labute approximate surface area is 224 Å². The highest BCUT2D eigenvalue weighted by Gasteiger charge is 2.45. The predicted octanol–water partition coefficient (Wildman–Crippen LogP) is 5.14. The van der Waals surface area contributed by atoms with Gasteiger partial charge in [-0.05, 0) is 75.8 Å². The van der Waals surface area contributed by atoms with E-state index in [0.29, 0.717) is 23.8 Å². The maximum atomic E-state index is 13.9. The predicted molar refractivity (Wildman–Crippen MR) is 146 cm³/mol. The fraction of sp³-hybridized carbons (Fsp3) is 0.667. The number of carboxylic acid groups (broad SMARTS) is 1. The van der Waals surface area contributed by atoms with Crippen molar-refractivity contribution in [1.82, 2.24) is 14.5 Å². The molecule has 1 aromatic carbocycles. The summed E-state index contributed by atoms with van der Waals surface area (Å²) < 4.78 is 1.97. The fourth-order valence-corrected chi connectivity index (χ4v) is 8.29. The van der Waals surface area contributed by atoms with Crippen molar-refractivity contribution in [3.8, 4) is 0 Å². The molecule has 2 saturated heterocycles. The Kier molecular flexibility index (Phi) is 7.25. The first-order valence-corrected chi connectivity index (χ1v) is 14.7. The average molecular weight is 521 g/mol. The van der Waals surface area contributed by atoms with Crippen LogP contribution in [-0.2, 0) is 9.63 Å². The van der Waals surface area contributed by atoms with Crippen molar-refractivity contribution in [3.05, 3.63) is 40.3 Å². The first-order chi connectivity index (χ1) is 18.5. The number of carboxylic acids is 1. The van der Waals surface area contributed by atoms with Crippen molar-refractivity contribution in [2.75, 3.05) is 6.61 Å². The van der Waals surface area contributed by atoms with Crippen LogP contribution in [0.4, 0.5) is 0 Å². The van der Waals surface area contributed by atoms with Gasteiger partial charge in [-0.1, -0.05) is 49.4 Å². The zero-order chi connectivity index (χ0) is 26.2. The van der Waals surface area contributed by atoms with Crippen molar-refractivity contribution >= 4 is 22.7 Å². The molecule has 5 atom stereocenters. The van der Waals surface area contributed by atoms with E-state index in [-0.39, 0.29) is 17.3 Å². The molecular formula is C30H40N4O4. The lowest BCUT2D eigenvalue weighted by Gasteiger charge is -2.54. The van der Waals surface area contributed by atoms with Crippen LogP contribution in [0.15, 0.2) is 34.2 Å². The van der Waals surface area contributed by atoms with Gasteiger partial charge in [0.1, 0.15) is 5.71 Å². The summed E-state index contributed by atoms with van der Waals surface area (Å²) in [5, 5.41) is 12.8. The molecule has 0 amide bonds. The van der Waals surface area contributed by atoms with Gasteiger partial charge in [-0.25, -0.2) is 9.78 Å². The van der Waals surface area contributed by atoms with Crippen LogP contribution in [0, 0.1) is 11.8 Å². The van der Waals surface area contributed by atoms with Crippen LogP contribution in [-0.4, -0.2) is 56.0 Å². The number of aliphatic carboxylic acids is 1. The highest BCUT2D eigenvalue weighted by molar-refractivity contribution is 5.97. The molecule has 6 rings (SSSR count). The van der Waals surface area contributed by atoms with Crippen LogP contribution in [0.5, 0.6) is 0 Å². The number of piperidine rings is 2. The average Bonchev–Trinajstić information content (AvgIpc) is 3.06. The van der Waals surface area contributed by atoms with Crippen molar-refractivity contribution in [2.24, 2.45) is 17.0 Å². The Morgan fingerprint density at radius 2 is 1.63 bits per heavy atom. The quantitative estimate of drug-likeness (QED) is 0.419. The van der Waals surface area contributed by atoms with E-state index < -0.39 is 12.6 Å². The highest BCUT2D eigenvalue weighted by Crippen LogP contribution is 2.46. The monoisotopic (exact) mass is 520 g/mol. The number of hydrogen-bond donors (Lipinski definition) is 1. The molecule has 2 aliphatic carbocycles. The van der Waals surface area contributed by atoms with Gasteiger partial charge in [0.05, 0.1) is 11.0 Å². The number of carbonyl (C=O) groups is 1. The molecule has 38 heavy (non-hydrogen) atoms. The van der Waals surface area contributed by atoms with Crippen LogP contribution in [0.2, 0.25) is 0 Å². The molecule has 204 valence electrons. The molecule has 2 saturated carbocycles. The Hall–Kier alpha value is -2.74. The summed E-state index contributed by atoms with van der Waals surface area (Å²) in [7, 11) is 0. The first-order valence-electron chi connectivity index (χ1n) is 14.7. The Bertz CT molecular complexity index is 1240. The highest BCUT2D eigenvalue weighted by atomic mass is 16.6. The van der Waals surface area contributed by atoms with Crippen LogP contribution >= 0.6 is 0 Å². The van der Waals surface area contributed by atoms with Crippen LogP contribution < -0.4 is 5.56 Å². The number of benzene rings is 1. The summed E-state index contributed by atoms with van der Waals surface area (Å²) in [4.78, 5) is 37.3. The zero-order valence-corrected chi connectivity index (χ0v) is 22.4. The SMILES string of the molecule is C/C(=N\OCC(=O)O)c1nc2ccccc2n(C2CC3CCC[C@H](C2)N3C2CC3CCCCC(C3)C2)c1=O. The zero-order valence-electron chi connectivity index (χ0n) is 22.4. The molecule has 4 unspecified atom stereocenters. The van der Waals surface area contributed by atoms with Gasteiger partial charge in [-0.15, -0.1) is 0 Å². The number of aromatic nitrogens is 2. The van der Waals surface area contributed by atoms with E-state index in [2.05, 4.69) is 15.0 Å². The van der Waals surface area contributed by atoms with E-state index in [1.165, 1.54) is 64.2 Å². The summed E-state index contributed by atoms with van der Waals surface area (Å²) >= 11 is 0. The van der Waals surface area contributed by atoms with Crippen molar-refractivity contribution in [2.45, 2.75) is 108 Å². The summed E-state index contributed by atoms with van der Waals surface area (Å²) in [6.45, 7) is 1.11. The van der Waals surface area contributed by atoms with E-state index >= 15 is 0 Å². The number of rotatable bonds is 6. The third-order valence-corrected chi connectivity index (χ3v) is 9.67. The standard InChI is InChI=1S/C30H40N4O4/c1-19(32-38-18-28(35)36)29-30(37)34(27-12-5-4-11-26(27)31-29)25-16-22-9-6-10-23(17-25)33(22)24-14-20-7-2-3-8-21(13-20)15-24/h4-5,11-12,20-25H,2-3,6-10,13-18H2,1H3,(H,35,36)/b32-19+/t20?,21?,22-,23?,24?,25?/m1/s1. The van der Waals surface area contributed by atoms with E-state index in [1.54, 1.807) is 6.92 Å². The van der Waals surface area contributed by atoms with Crippen molar-refractivity contribution in [3.63, 3.8) is 0 Å². The second kappa shape index (κ2) is 10.8. The number of fused-ring (bicyclic) bond motifs is 5. The molecule has 2 aromatic rings. The minimum absolute atomic E-state index is 0.110. The topological polar surface area (TPSA) is 97.0 Å². The third kappa shape index (κ3) is 4.99. The molecule has 4 aliphatic rings. The molecule has 8 nitrogen and oxygen atoms in total. The van der Waals surface area contributed by atoms with Crippen molar-refractivity contribution in [1.29, 1.82) is 0 Å². The van der Waals surface area contributed by atoms with Gasteiger partial charge in [0.15, 0.2) is 5.69 Å². The first kappa shape index (κ1) is 25.5. The van der Waals surface area contributed by atoms with E-state index in [0.717, 1.165) is 35.7 Å². The van der Waals surface area contributed by atoms with Gasteiger partial charge in [0.2, 0.25) is 6.61 Å². The lowest BCUT2D eigenvalue weighted by Crippen LogP contribution is -2.58. The number of nitrogens with zero attached hydrogens (tertiary/aromatic N) is 4. The smallest absolute Gasteiger partial charge is 0.344 e. The molecule has 4 bridgehead atoms. The van der Waals surface area contributed by atoms with Gasteiger partial charge < -0.3 is 14.5 Å². The van der Waals surface area contributed by atoms with Gasteiger partial charge in [-0.3, -0.25) is 9.69 Å². The molecule has 0 radical (unpaired) electrons. The van der Waals surface area contributed by atoms with Gasteiger partial charge in [0.25, 0.3) is 5.56 Å². The second-order valence-electron chi connectivity index (χ2n) is 12.2. The fourth-order valence-electron chi connectivity index (χ4n) is 8.29. The number of oxime groups is 1. The molecule has 4 fully saturated rings. The normalized spacial score (nSPS) is 32.1. The Morgan fingerprint density at radius 3 is 2.32 bits per heavy atom. The number of para-hydroxylation sites is 2. The van der Waals surface area contributed by atoms with Gasteiger partial charge in [0, 0.05) is 24.2 Å². The van der Waals surface area contributed by atoms with E-state index in [4.69, 9.17) is 9.94 Å². The minimum Gasteiger partial charge on any atom is -0.479 e. The molecule has 0 spiro atoms. The molecular weight excluding hydrogens is 480 g/mol. The van der Waals surface area contributed by atoms with Crippen LogP contribution in [0.3, 0.4) is 0 Å². The lowest BCUT2D eigenvalue weighted by atomic mass is 9.73. The maximum Gasteiger partial charge on any atom is 0.344 e. The van der Waals surface area contributed by atoms with Gasteiger partial charge >= 0.3 is 5.97 Å². The third-order valence-electron chi connectivity index (χ3n) is 9.67. The number of hydrogen-bond acceptors (Lipinski definition) is 6. The van der Waals surface area contributed by atoms with Gasteiger partial charge in [-0.2, -0.15) is 0 Å². The Balaban J connectivity index is 1.31. The molecule has 3 heterocycles. The minimum atomic E-state index is -1.11. The molecule has 1 aromatic heterocycles. The summed E-state index contributed by atoms with van der Waals surface area (Å²) in [6, 6.07) is 9.68. The van der Waals surface area contributed by atoms with Crippen molar-refractivity contribution < 1.29 is 14.7 Å². The Morgan fingerprint density at radius 1 is 0.947 bits per heavy atom. The largest absolute Gasteiger partial charge is 0.479 e.